The number of hydrogen-bond acceptors (Lipinski definition) is 5. The molecule has 1 aromatic carbocycles. The molecule has 0 atom stereocenters. The predicted molar refractivity (Wildman–Crippen MR) is 80.5 cm³/mol. The molecule has 1 heterocycles. The number of H-pyrrole nitrogens is 1. The molecule has 0 aliphatic carbocycles. The molecule has 0 saturated heterocycles. The van der Waals surface area contributed by atoms with Gasteiger partial charge in [0.25, 0.3) is 0 Å². The summed E-state index contributed by atoms with van der Waals surface area (Å²) >= 11 is 1.70. The van der Waals surface area contributed by atoms with Crippen LogP contribution in [-0.4, -0.2) is 30.4 Å². The fourth-order valence-corrected chi connectivity index (χ4v) is 2.56. The van der Waals surface area contributed by atoms with Crippen LogP contribution in [0.5, 0.6) is 11.5 Å². The van der Waals surface area contributed by atoms with Crippen LogP contribution in [0, 0.1) is 0 Å². The SMILES string of the molecule is COc1cc(CNCc2cnc[nH]2)c(SC)cc1OC. The molecule has 2 aromatic rings. The summed E-state index contributed by atoms with van der Waals surface area (Å²) in [4.78, 5) is 8.25. The Bertz CT molecular complexity index is 544. The van der Waals surface area contributed by atoms with Gasteiger partial charge < -0.3 is 19.8 Å². The average molecular weight is 293 g/mol. The van der Waals surface area contributed by atoms with E-state index in [1.54, 1.807) is 32.3 Å². The van der Waals surface area contributed by atoms with Crippen LogP contribution in [0.15, 0.2) is 29.6 Å². The van der Waals surface area contributed by atoms with E-state index in [1.807, 2.05) is 18.3 Å². The van der Waals surface area contributed by atoms with Gasteiger partial charge in [0.15, 0.2) is 11.5 Å². The summed E-state index contributed by atoms with van der Waals surface area (Å²) in [6.07, 6.45) is 5.55. The summed E-state index contributed by atoms with van der Waals surface area (Å²) in [5.41, 5.74) is 2.26. The van der Waals surface area contributed by atoms with Crippen molar-refractivity contribution in [3.8, 4) is 11.5 Å². The Labute approximate surface area is 123 Å². The topological polar surface area (TPSA) is 59.2 Å². The minimum atomic E-state index is 0.752. The highest BCUT2D eigenvalue weighted by molar-refractivity contribution is 7.98. The molecule has 2 N–H and O–H groups in total. The predicted octanol–water partition coefficient (Wildman–Crippen LogP) is 2.44. The third kappa shape index (κ3) is 3.46. The summed E-state index contributed by atoms with van der Waals surface area (Å²) in [6, 6.07) is 4.03. The quantitative estimate of drug-likeness (QED) is 0.768. The lowest BCUT2D eigenvalue weighted by Crippen LogP contribution is -2.13. The first-order chi connectivity index (χ1) is 9.78. The second-order valence-corrected chi connectivity index (χ2v) is 5.05. The van der Waals surface area contributed by atoms with E-state index in [0.717, 1.165) is 30.3 Å². The Morgan fingerprint density at radius 3 is 2.55 bits per heavy atom. The molecule has 0 amide bonds. The van der Waals surface area contributed by atoms with Crippen LogP contribution in [0.25, 0.3) is 0 Å². The van der Waals surface area contributed by atoms with Gasteiger partial charge in [-0.15, -0.1) is 11.8 Å². The molecule has 108 valence electrons. The number of rotatable bonds is 7. The van der Waals surface area contributed by atoms with Crippen LogP contribution in [-0.2, 0) is 13.1 Å². The average Bonchev–Trinajstić information content (AvgIpc) is 2.99. The number of benzene rings is 1. The summed E-state index contributed by atoms with van der Waals surface area (Å²) in [5.74, 6) is 1.51. The molecule has 0 aliphatic heterocycles. The van der Waals surface area contributed by atoms with E-state index in [-0.39, 0.29) is 0 Å². The summed E-state index contributed by atoms with van der Waals surface area (Å²) in [5, 5.41) is 3.39. The Kier molecular flexibility index (Phi) is 5.31. The normalized spacial score (nSPS) is 10.6. The highest BCUT2D eigenvalue weighted by Gasteiger charge is 2.10. The second kappa shape index (κ2) is 7.21. The van der Waals surface area contributed by atoms with Crippen LogP contribution in [0.3, 0.4) is 0 Å². The molecule has 2 rings (SSSR count). The number of aromatic nitrogens is 2. The van der Waals surface area contributed by atoms with Gasteiger partial charge in [-0.2, -0.15) is 0 Å². The molecule has 5 nitrogen and oxygen atoms in total. The third-order valence-corrected chi connectivity index (χ3v) is 3.79. The molecular weight excluding hydrogens is 274 g/mol. The van der Waals surface area contributed by atoms with Crippen molar-refractivity contribution in [2.45, 2.75) is 18.0 Å². The summed E-state index contributed by atoms with van der Waals surface area (Å²) in [6.45, 7) is 1.51. The zero-order chi connectivity index (χ0) is 14.4. The zero-order valence-corrected chi connectivity index (χ0v) is 12.7. The molecule has 0 spiro atoms. The molecule has 0 saturated carbocycles. The lowest BCUT2D eigenvalue weighted by molar-refractivity contribution is 0.353. The number of nitrogens with one attached hydrogen (secondary N) is 2. The van der Waals surface area contributed by atoms with Crippen molar-refractivity contribution < 1.29 is 9.47 Å². The van der Waals surface area contributed by atoms with Gasteiger partial charge >= 0.3 is 0 Å². The van der Waals surface area contributed by atoms with Crippen LogP contribution in [0.2, 0.25) is 0 Å². The van der Waals surface area contributed by atoms with Crippen LogP contribution >= 0.6 is 11.8 Å². The Balaban J connectivity index is 2.09. The molecular formula is C14H19N3O2S. The van der Waals surface area contributed by atoms with Crippen molar-refractivity contribution in [1.82, 2.24) is 15.3 Å². The maximum atomic E-state index is 5.35. The lowest BCUT2D eigenvalue weighted by Gasteiger charge is -2.14. The van der Waals surface area contributed by atoms with E-state index in [4.69, 9.17) is 9.47 Å². The summed E-state index contributed by atoms with van der Waals surface area (Å²) < 4.78 is 10.7. The molecule has 1 aromatic heterocycles. The smallest absolute Gasteiger partial charge is 0.161 e. The lowest BCUT2D eigenvalue weighted by atomic mass is 10.2. The van der Waals surface area contributed by atoms with Crippen LogP contribution in [0.4, 0.5) is 0 Å². The zero-order valence-electron chi connectivity index (χ0n) is 11.9. The van der Waals surface area contributed by atoms with Crippen molar-refractivity contribution in [2.24, 2.45) is 0 Å². The number of aromatic amines is 1. The van der Waals surface area contributed by atoms with Gasteiger partial charge in [0, 0.05) is 29.9 Å². The first kappa shape index (κ1) is 14.7. The van der Waals surface area contributed by atoms with E-state index in [1.165, 1.54) is 10.5 Å². The Morgan fingerprint density at radius 2 is 1.95 bits per heavy atom. The first-order valence-electron chi connectivity index (χ1n) is 6.25. The van der Waals surface area contributed by atoms with Gasteiger partial charge in [-0.1, -0.05) is 0 Å². The molecule has 0 radical (unpaired) electrons. The van der Waals surface area contributed by atoms with E-state index in [9.17, 15) is 0 Å². The van der Waals surface area contributed by atoms with Gasteiger partial charge in [-0.3, -0.25) is 0 Å². The van der Waals surface area contributed by atoms with Gasteiger partial charge in [-0.25, -0.2) is 4.98 Å². The van der Waals surface area contributed by atoms with Gasteiger partial charge in [-0.05, 0) is 24.0 Å². The fourth-order valence-electron chi connectivity index (χ4n) is 1.94. The van der Waals surface area contributed by atoms with Crippen molar-refractivity contribution in [3.05, 3.63) is 35.9 Å². The highest BCUT2D eigenvalue weighted by Crippen LogP contribution is 2.34. The highest BCUT2D eigenvalue weighted by atomic mass is 32.2. The van der Waals surface area contributed by atoms with Crippen molar-refractivity contribution in [2.75, 3.05) is 20.5 Å². The van der Waals surface area contributed by atoms with Crippen LogP contribution < -0.4 is 14.8 Å². The van der Waals surface area contributed by atoms with Crippen molar-refractivity contribution >= 4 is 11.8 Å². The van der Waals surface area contributed by atoms with Crippen molar-refractivity contribution in [3.63, 3.8) is 0 Å². The number of nitrogens with zero attached hydrogens (tertiary/aromatic N) is 1. The van der Waals surface area contributed by atoms with Crippen molar-refractivity contribution in [1.29, 1.82) is 0 Å². The fraction of sp³-hybridized carbons (Fsp3) is 0.357. The number of thioether (sulfide) groups is 1. The molecule has 20 heavy (non-hydrogen) atoms. The monoisotopic (exact) mass is 293 g/mol. The van der Waals surface area contributed by atoms with Gasteiger partial charge in [0.1, 0.15) is 0 Å². The first-order valence-corrected chi connectivity index (χ1v) is 7.47. The molecule has 0 unspecified atom stereocenters. The molecule has 0 aliphatic rings. The number of hydrogen-bond donors (Lipinski definition) is 2. The van der Waals surface area contributed by atoms with Gasteiger partial charge in [0.2, 0.25) is 0 Å². The largest absolute Gasteiger partial charge is 0.493 e. The Hall–Kier alpha value is -1.66. The maximum Gasteiger partial charge on any atom is 0.161 e. The van der Waals surface area contributed by atoms with E-state index in [0.29, 0.717) is 0 Å². The number of imidazole rings is 1. The van der Waals surface area contributed by atoms with E-state index in [2.05, 4.69) is 21.5 Å². The third-order valence-electron chi connectivity index (χ3n) is 2.97. The standard InChI is InChI=1S/C14H19N3O2S/c1-18-12-4-10(14(20-3)5-13(12)19-2)6-15-7-11-8-16-9-17-11/h4-5,8-9,15H,6-7H2,1-3H3,(H,16,17). The van der Waals surface area contributed by atoms with Gasteiger partial charge in [0.05, 0.1) is 20.5 Å². The van der Waals surface area contributed by atoms with E-state index < -0.39 is 0 Å². The molecule has 6 heteroatoms. The number of ether oxygens (including phenoxy) is 2. The second-order valence-electron chi connectivity index (χ2n) is 4.20. The van der Waals surface area contributed by atoms with Crippen LogP contribution in [0.1, 0.15) is 11.3 Å². The summed E-state index contributed by atoms with van der Waals surface area (Å²) in [7, 11) is 3.30. The minimum Gasteiger partial charge on any atom is -0.493 e. The number of methoxy groups -OCH3 is 2. The minimum absolute atomic E-state index is 0.752. The molecule has 0 fully saturated rings. The van der Waals surface area contributed by atoms with E-state index >= 15 is 0 Å². The molecule has 0 bridgehead atoms. The maximum absolute atomic E-state index is 5.35. The Morgan fingerprint density at radius 1 is 1.20 bits per heavy atom.